The van der Waals surface area contributed by atoms with Crippen LogP contribution in [0.25, 0.3) is 0 Å². The van der Waals surface area contributed by atoms with Gasteiger partial charge in [0, 0.05) is 18.3 Å². The predicted molar refractivity (Wildman–Crippen MR) is 115 cm³/mol. The molecule has 3 aliphatic carbocycles. The molecule has 0 bridgehead atoms. The van der Waals surface area contributed by atoms with Crippen molar-refractivity contribution in [2.24, 2.45) is 10.8 Å². The number of hydrogen-bond donors (Lipinski definition) is 1. The van der Waals surface area contributed by atoms with Gasteiger partial charge in [0.15, 0.2) is 0 Å². The largest absolute Gasteiger partial charge is 0.337 e. The monoisotopic (exact) mass is 400 g/mol. The number of carbonyl (C=O) groups excluding carboxylic acids is 2. The van der Waals surface area contributed by atoms with Crippen LogP contribution in [-0.4, -0.2) is 17.2 Å². The van der Waals surface area contributed by atoms with Gasteiger partial charge < -0.3 is 5.32 Å². The molecule has 0 unspecified atom stereocenters. The molecule has 0 atom stereocenters. The molecule has 3 aliphatic rings. The molecule has 3 rings (SSSR count). The zero-order chi connectivity index (χ0) is 20.8. The zero-order valence-corrected chi connectivity index (χ0v) is 18.5. The second-order valence-corrected chi connectivity index (χ2v) is 10.3. The van der Waals surface area contributed by atoms with E-state index in [1.807, 2.05) is 0 Å². The van der Waals surface area contributed by atoms with Gasteiger partial charge in [-0.05, 0) is 69.6 Å². The van der Waals surface area contributed by atoms with Crippen LogP contribution in [0.1, 0.15) is 122 Å². The van der Waals surface area contributed by atoms with E-state index >= 15 is 0 Å². The summed E-state index contributed by atoms with van der Waals surface area (Å²) in [5.41, 5.74) is -0.523. The Labute approximate surface area is 177 Å². The van der Waals surface area contributed by atoms with Gasteiger partial charge in [0.1, 0.15) is 11.3 Å². The first-order valence-corrected chi connectivity index (χ1v) is 12.2. The number of rotatable bonds is 11. The molecule has 3 saturated carbocycles. The van der Waals surface area contributed by atoms with E-state index in [2.05, 4.69) is 18.3 Å². The highest BCUT2D eigenvalue weighted by molar-refractivity contribution is 5.85. The molecule has 1 N–H and O–H groups in total. The quantitative estimate of drug-likeness (QED) is 0.463. The van der Waals surface area contributed by atoms with Crippen LogP contribution in [0.3, 0.4) is 0 Å². The first kappa shape index (κ1) is 22.3. The van der Waals surface area contributed by atoms with Crippen LogP contribution < -0.4 is 5.32 Å². The van der Waals surface area contributed by atoms with Crippen LogP contribution in [0.2, 0.25) is 0 Å². The maximum Gasteiger partial charge on any atom is 0.227 e. The average Bonchev–Trinajstić information content (AvgIpc) is 3.36. The van der Waals surface area contributed by atoms with Gasteiger partial charge in [-0.15, -0.1) is 0 Å². The SMILES string of the molecule is CCCC1(CCCC(=O)CCC2(C(=O)NC3(C#N)CC3)CCCCC2)CCCC1. The molecule has 0 aromatic carbocycles. The molecule has 4 nitrogen and oxygen atoms in total. The summed E-state index contributed by atoms with van der Waals surface area (Å²) >= 11 is 0. The average molecular weight is 401 g/mol. The summed E-state index contributed by atoms with van der Waals surface area (Å²) in [5, 5.41) is 12.4. The van der Waals surface area contributed by atoms with Gasteiger partial charge in [-0.1, -0.05) is 45.4 Å². The van der Waals surface area contributed by atoms with Crippen molar-refractivity contribution in [2.45, 2.75) is 128 Å². The third-order valence-corrected chi connectivity index (χ3v) is 8.10. The second-order valence-electron chi connectivity index (χ2n) is 10.3. The van der Waals surface area contributed by atoms with Crippen molar-refractivity contribution in [3.8, 4) is 6.07 Å². The molecular weight excluding hydrogens is 360 g/mol. The van der Waals surface area contributed by atoms with Gasteiger partial charge in [-0.3, -0.25) is 9.59 Å². The first-order chi connectivity index (χ1) is 14.0. The Kier molecular flexibility index (Phi) is 7.41. The van der Waals surface area contributed by atoms with E-state index in [4.69, 9.17) is 0 Å². The number of nitriles is 1. The number of Topliss-reactive ketones (excluding diaryl/α,β-unsaturated/α-hetero) is 1. The lowest BCUT2D eigenvalue weighted by molar-refractivity contribution is -0.134. The lowest BCUT2D eigenvalue weighted by atomic mass is 9.69. The molecule has 0 saturated heterocycles. The molecule has 162 valence electrons. The lowest BCUT2D eigenvalue weighted by Crippen LogP contribution is -2.47. The molecule has 0 aromatic rings. The van der Waals surface area contributed by atoms with Gasteiger partial charge in [0.25, 0.3) is 0 Å². The summed E-state index contributed by atoms with van der Waals surface area (Å²) in [7, 11) is 0. The molecule has 0 aromatic heterocycles. The van der Waals surface area contributed by atoms with Gasteiger partial charge in [-0.25, -0.2) is 0 Å². The van der Waals surface area contributed by atoms with Gasteiger partial charge in [-0.2, -0.15) is 5.26 Å². The number of nitrogens with one attached hydrogen (secondary N) is 1. The van der Waals surface area contributed by atoms with Crippen LogP contribution >= 0.6 is 0 Å². The van der Waals surface area contributed by atoms with E-state index < -0.39 is 11.0 Å². The number of amides is 1. The Hall–Kier alpha value is -1.37. The van der Waals surface area contributed by atoms with Crippen molar-refractivity contribution in [1.29, 1.82) is 5.26 Å². The molecule has 4 heteroatoms. The fraction of sp³-hybridized carbons (Fsp3) is 0.880. The normalized spacial score (nSPS) is 23.9. The molecule has 0 spiro atoms. The van der Waals surface area contributed by atoms with Gasteiger partial charge in [0.05, 0.1) is 6.07 Å². The highest BCUT2D eigenvalue weighted by Crippen LogP contribution is 2.46. The Morgan fingerprint density at radius 2 is 1.52 bits per heavy atom. The van der Waals surface area contributed by atoms with Crippen molar-refractivity contribution in [2.75, 3.05) is 0 Å². The zero-order valence-electron chi connectivity index (χ0n) is 18.5. The topological polar surface area (TPSA) is 70.0 Å². The number of nitrogens with zero attached hydrogens (tertiary/aromatic N) is 1. The van der Waals surface area contributed by atoms with Crippen molar-refractivity contribution in [1.82, 2.24) is 5.32 Å². The van der Waals surface area contributed by atoms with Crippen molar-refractivity contribution < 1.29 is 9.59 Å². The molecule has 1 amide bonds. The molecule has 29 heavy (non-hydrogen) atoms. The van der Waals surface area contributed by atoms with E-state index in [1.54, 1.807) is 0 Å². The summed E-state index contributed by atoms with van der Waals surface area (Å²) in [6.45, 7) is 2.28. The number of hydrogen-bond acceptors (Lipinski definition) is 3. The Balaban J connectivity index is 1.48. The van der Waals surface area contributed by atoms with Crippen molar-refractivity contribution >= 4 is 11.7 Å². The molecule has 0 radical (unpaired) electrons. The summed E-state index contributed by atoms with van der Waals surface area (Å²) in [5.74, 6) is 0.366. The highest BCUT2D eigenvalue weighted by atomic mass is 16.2. The first-order valence-electron chi connectivity index (χ1n) is 12.2. The minimum atomic E-state index is -0.611. The summed E-state index contributed by atoms with van der Waals surface area (Å²) in [4.78, 5) is 25.7. The standard InChI is InChI=1S/C25H40N2O2/c1-2-11-23(12-6-7-13-23)14-8-9-21(28)10-17-24(15-4-3-5-16-24)22(29)27-25(20-26)18-19-25/h2-19H2,1H3,(H,27,29). The van der Waals surface area contributed by atoms with E-state index in [1.165, 1.54) is 51.4 Å². The number of carbonyl (C=O) groups is 2. The maximum absolute atomic E-state index is 13.1. The molecule has 0 aliphatic heterocycles. The maximum atomic E-state index is 13.1. The van der Waals surface area contributed by atoms with Crippen molar-refractivity contribution in [3.63, 3.8) is 0 Å². The molecular formula is C25H40N2O2. The third kappa shape index (κ3) is 5.62. The smallest absolute Gasteiger partial charge is 0.227 e. The van der Waals surface area contributed by atoms with Crippen molar-refractivity contribution in [3.05, 3.63) is 0 Å². The Bertz CT molecular complexity index is 617. The van der Waals surface area contributed by atoms with E-state index in [0.29, 0.717) is 30.5 Å². The van der Waals surface area contributed by atoms with Crippen LogP contribution in [0.4, 0.5) is 0 Å². The van der Waals surface area contributed by atoms with E-state index in [-0.39, 0.29) is 5.91 Å². The molecule has 0 heterocycles. The summed E-state index contributed by atoms with van der Waals surface area (Å²) in [6.07, 6.45) is 18.6. The molecule has 3 fully saturated rings. The van der Waals surface area contributed by atoms with Gasteiger partial charge >= 0.3 is 0 Å². The number of ketones is 1. The fourth-order valence-corrected chi connectivity index (χ4v) is 6.00. The Morgan fingerprint density at radius 3 is 2.10 bits per heavy atom. The van der Waals surface area contributed by atoms with E-state index in [9.17, 15) is 14.9 Å². The predicted octanol–water partition coefficient (Wildman–Crippen LogP) is 5.99. The summed E-state index contributed by atoms with van der Waals surface area (Å²) < 4.78 is 0. The van der Waals surface area contributed by atoms with Crippen LogP contribution in [-0.2, 0) is 9.59 Å². The third-order valence-electron chi connectivity index (χ3n) is 8.10. The van der Waals surface area contributed by atoms with E-state index in [0.717, 1.165) is 44.9 Å². The second kappa shape index (κ2) is 9.63. The fourth-order valence-electron chi connectivity index (χ4n) is 6.00. The highest BCUT2D eigenvalue weighted by Gasteiger charge is 2.49. The minimum Gasteiger partial charge on any atom is -0.337 e. The van der Waals surface area contributed by atoms with Gasteiger partial charge in [0.2, 0.25) is 5.91 Å². The van der Waals surface area contributed by atoms with Crippen LogP contribution in [0.15, 0.2) is 0 Å². The summed E-state index contributed by atoms with van der Waals surface area (Å²) in [6, 6.07) is 2.27. The minimum absolute atomic E-state index is 0.0388. The Morgan fingerprint density at radius 1 is 0.862 bits per heavy atom. The lowest BCUT2D eigenvalue weighted by Gasteiger charge is -2.36. The van der Waals surface area contributed by atoms with Crippen LogP contribution in [0.5, 0.6) is 0 Å². The van der Waals surface area contributed by atoms with Crippen LogP contribution in [0, 0.1) is 22.2 Å².